The van der Waals surface area contributed by atoms with E-state index in [0.717, 1.165) is 25.1 Å². The average molecular weight is 256 g/mol. The van der Waals surface area contributed by atoms with Crippen LogP contribution in [-0.4, -0.2) is 30.1 Å². The first-order valence-corrected chi connectivity index (χ1v) is 6.63. The van der Waals surface area contributed by atoms with Crippen LogP contribution >= 0.6 is 11.6 Å². The van der Waals surface area contributed by atoms with E-state index in [1.165, 1.54) is 12.8 Å². The van der Waals surface area contributed by atoms with Crippen molar-refractivity contribution in [1.29, 1.82) is 0 Å². The maximum atomic E-state index is 10.0. The molecule has 1 unspecified atom stereocenters. The van der Waals surface area contributed by atoms with Crippen molar-refractivity contribution in [3.63, 3.8) is 0 Å². The van der Waals surface area contributed by atoms with Gasteiger partial charge in [0.1, 0.15) is 0 Å². The molecule has 1 rings (SSSR count). The van der Waals surface area contributed by atoms with E-state index >= 15 is 0 Å². The predicted octanol–water partition coefficient (Wildman–Crippen LogP) is 3.50. The molecule has 1 aromatic carbocycles. The van der Waals surface area contributed by atoms with E-state index in [1.807, 2.05) is 24.3 Å². The minimum absolute atomic E-state index is 0.419. The summed E-state index contributed by atoms with van der Waals surface area (Å²) in [6.07, 6.45) is 2.75. The van der Waals surface area contributed by atoms with Crippen LogP contribution in [0.1, 0.15) is 37.9 Å². The normalized spacial score (nSPS) is 13.0. The molecule has 0 aliphatic rings. The van der Waals surface area contributed by atoms with Gasteiger partial charge >= 0.3 is 0 Å². The number of hydrogen-bond acceptors (Lipinski definition) is 2. The van der Waals surface area contributed by atoms with E-state index in [2.05, 4.69) is 18.9 Å². The van der Waals surface area contributed by atoms with Crippen molar-refractivity contribution in [2.24, 2.45) is 0 Å². The number of hydrogen-bond donors (Lipinski definition) is 1. The summed E-state index contributed by atoms with van der Waals surface area (Å²) in [5.74, 6) is 0. The standard InChI is InChI=1S/C14H22ClNO/c1-3-4-9-16(2)10-8-14(17)12-6-5-7-13(15)11-12/h5-7,11,14,17H,3-4,8-10H2,1-2H3. The third-order valence-corrected chi connectivity index (χ3v) is 3.15. The molecule has 0 fully saturated rings. The summed E-state index contributed by atoms with van der Waals surface area (Å²) in [7, 11) is 2.10. The van der Waals surface area contributed by atoms with Gasteiger partial charge in [0.2, 0.25) is 0 Å². The first-order chi connectivity index (χ1) is 8.13. The van der Waals surface area contributed by atoms with Gasteiger partial charge in [0, 0.05) is 11.6 Å². The van der Waals surface area contributed by atoms with Crippen molar-refractivity contribution in [2.75, 3.05) is 20.1 Å². The summed E-state index contributed by atoms with van der Waals surface area (Å²) in [6.45, 7) is 4.20. The van der Waals surface area contributed by atoms with Gasteiger partial charge in [-0.1, -0.05) is 37.1 Å². The first-order valence-electron chi connectivity index (χ1n) is 6.25. The van der Waals surface area contributed by atoms with Crippen LogP contribution in [0.25, 0.3) is 0 Å². The molecule has 0 aromatic heterocycles. The number of unbranched alkanes of at least 4 members (excludes halogenated alkanes) is 1. The summed E-state index contributed by atoms with van der Waals surface area (Å²) in [5, 5.41) is 10.7. The Labute approximate surface area is 109 Å². The van der Waals surface area contributed by atoms with Gasteiger partial charge in [-0.05, 0) is 44.1 Å². The van der Waals surface area contributed by atoms with Gasteiger partial charge < -0.3 is 10.0 Å². The van der Waals surface area contributed by atoms with Crippen molar-refractivity contribution in [3.8, 4) is 0 Å². The van der Waals surface area contributed by atoms with Crippen molar-refractivity contribution in [2.45, 2.75) is 32.3 Å². The zero-order valence-corrected chi connectivity index (χ0v) is 11.5. The summed E-state index contributed by atoms with van der Waals surface area (Å²) in [5.41, 5.74) is 0.904. The number of halogens is 1. The third-order valence-electron chi connectivity index (χ3n) is 2.91. The zero-order chi connectivity index (χ0) is 12.7. The van der Waals surface area contributed by atoms with Crippen LogP contribution in [0.15, 0.2) is 24.3 Å². The molecule has 0 bridgehead atoms. The lowest BCUT2D eigenvalue weighted by Gasteiger charge is -2.18. The smallest absolute Gasteiger partial charge is 0.0802 e. The van der Waals surface area contributed by atoms with E-state index in [4.69, 9.17) is 11.6 Å². The fourth-order valence-electron chi connectivity index (χ4n) is 1.76. The highest BCUT2D eigenvalue weighted by Crippen LogP contribution is 2.20. The molecule has 1 aromatic rings. The zero-order valence-electron chi connectivity index (χ0n) is 10.7. The van der Waals surface area contributed by atoms with Gasteiger partial charge in [-0.2, -0.15) is 0 Å². The molecule has 1 N–H and O–H groups in total. The van der Waals surface area contributed by atoms with E-state index < -0.39 is 6.10 Å². The number of benzene rings is 1. The molecular formula is C14H22ClNO. The average Bonchev–Trinajstić information content (AvgIpc) is 2.33. The minimum Gasteiger partial charge on any atom is -0.388 e. The van der Waals surface area contributed by atoms with Gasteiger partial charge in [-0.25, -0.2) is 0 Å². The van der Waals surface area contributed by atoms with Crippen LogP contribution in [0.3, 0.4) is 0 Å². The second-order valence-corrected chi connectivity index (χ2v) is 4.95. The van der Waals surface area contributed by atoms with Crippen molar-refractivity contribution in [3.05, 3.63) is 34.9 Å². The Balaban J connectivity index is 2.36. The van der Waals surface area contributed by atoms with Crippen molar-refractivity contribution in [1.82, 2.24) is 4.90 Å². The van der Waals surface area contributed by atoms with Gasteiger partial charge in [0.25, 0.3) is 0 Å². The van der Waals surface area contributed by atoms with Crippen molar-refractivity contribution >= 4 is 11.6 Å². The maximum absolute atomic E-state index is 10.0. The topological polar surface area (TPSA) is 23.5 Å². The molecule has 3 heteroatoms. The molecule has 1 atom stereocenters. The molecule has 0 aliphatic carbocycles. The second kappa shape index (κ2) is 7.70. The van der Waals surface area contributed by atoms with Crippen LogP contribution in [0.2, 0.25) is 5.02 Å². The molecule has 0 heterocycles. The maximum Gasteiger partial charge on any atom is 0.0802 e. The summed E-state index contributed by atoms with van der Waals surface area (Å²) < 4.78 is 0. The Kier molecular flexibility index (Phi) is 6.56. The molecule has 0 radical (unpaired) electrons. The Bertz CT molecular complexity index is 330. The van der Waals surface area contributed by atoms with Crippen LogP contribution in [0.4, 0.5) is 0 Å². The fourth-order valence-corrected chi connectivity index (χ4v) is 1.96. The monoisotopic (exact) mass is 255 g/mol. The summed E-state index contributed by atoms with van der Waals surface area (Å²) >= 11 is 5.90. The molecule has 0 amide bonds. The Morgan fingerprint density at radius 1 is 1.35 bits per heavy atom. The molecular weight excluding hydrogens is 234 g/mol. The fraction of sp³-hybridized carbons (Fsp3) is 0.571. The van der Waals surface area contributed by atoms with Crippen LogP contribution in [-0.2, 0) is 0 Å². The largest absolute Gasteiger partial charge is 0.388 e. The molecule has 96 valence electrons. The number of aliphatic hydroxyl groups is 1. The quantitative estimate of drug-likeness (QED) is 0.806. The number of nitrogens with zero attached hydrogens (tertiary/aromatic N) is 1. The predicted molar refractivity (Wildman–Crippen MR) is 73.4 cm³/mol. The minimum atomic E-state index is -0.419. The first kappa shape index (κ1) is 14.5. The van der Waals surface area contributed by atoms with Gasteiger partial charge in [0.15, 0.2) is 0 Å². The number of aliphatic hydroxyl groups excluding tert-OH is 1. The van der Waals surface area contributed by atoms with Crippen LogP contribution in [0.5, 0.6) is 0 Å². The Morgan fingerprint density at radius 3 is 2.76 bits per heavy atom. The lowest BCUT2D eigenvalue weighted by molar-refractivity contribution is 0.149. The third kappa shape index (κ3) is 5.53. The second-order valence-electron chi connectivity index (χ2n) is 4.52. The van der Waals surface area contributed by atoms with Crippen LogP contribution in [0, 0.1) is 0 Å². The molecule has 0 saturated carbocycles. The number of rotatable bonds is 7. The van der Waals surface area contributed by atoms with E-state index in [9.17, 15) is 5.11 Å². The summed E-state index contributed by atoms with van der Waals surface area (Å²) in [4.78, 5) is 2.26. The van der Waals surface area contributed by atoms with Gasteiger partial charge in [0.05, 0.1) is 6.10 Å². The van der Waals surface area contributed by atoms with Crippen molar-refractivity contribution < 1.29 is 5.11 Å². The van der Waals surface area contributed by atoms with Crippen LogP contribution < -0.4 is 0 Å². The molecule has 17 heavy (non-hydrogen) atoms. The SMILES string of the molecule is CCCCN(C)CCC(O)c1cccc(Cl)c1. The lowest BCUT2D eigenvalue weighted by atomic mass is 10.1. The van der Waals surface area contributed by atoms with E-state index in [-0.39, 0.29) is 0 Å². The highest BCUT2D eigenvalue weighted by molar-refractivity contribution is 6.30. The van der Waals surface area contributed by atoms with Gasteiger partial charge in [-0.3, -0.25) is 0 Å². The van der Waals surface area contributed by atoms with Gasteiger partial charge in [-0.15, -0.1) is 0 Å². The Morgan fingerprint density at radius 2 is 2.12 bits per heavy atom. The highest BCUT2D eigenvalue weighted by Gasteiger charge is 2.09. The molecule has 0 spiro atoms. The van der Waals surface area contributed by atoms with E-state index in [1.54, 1.807) is 0 Å². The molecule has 0 aliphatic heterocycles. The summed E-state index contributed by atoms with van der Waals surface area (Å²) in [6, 6.07) is 7.45. The molecule has 0 saturated heterocycles. The Hall–Kier alpha value is -0.570. The lowest BCUT2D eigenvalue weighted by Crippen LogP contribution is -2.22. The molecule has 2 nitrogen and oxygen atoms in total. The van der Waals surface area contributed by atoms with E-state index in [0.29, 0.717) is 5.02 Å². The highest BCUT2D eigenvalue weighted by atomic mass is 35.5.